The van der Waals surface area contributed by atoms with Crippen LogP contribution in [0, 0.1) is 0 Å². The van der Waals surface area contributed by atoms with E-state index in [0.29, 0.717) is 0 Å². The lowest BCUT2D eigenvalue weighted by Gasteiger charge is -2.11. The molecule has 0 amide bonds. The van der Waals surface area contributed by atoms with Gasteiger partial charge in [-0.3, -0.25) is 4.79 Å². The van der Waals surface area contributed by atoms with Crippen LogP contribution in [0.2, 0.25) is 0 Å². The molecule has 1 unspecified atom stereocenters. The van der Waals surface area contributed by atoms with Gasteiger partial charge in [-0.25, -0.2) is 0 Å². The molecule has 0 spiro atoms. The van der Waals surface area contributed by atoms with E-state index in [1.165, 1.54) is 0 Å². The molecule has 1 rings (SSSR count). The van der Waals surface area contributed by atoms with Gasteiger partial charge in [0.25, 0.3) is 0 Å². The van der Waals surface area contributed by atoms with Crippen LogP contribution in [0.3, 0.4) is 0 Å². The topological polar surface area (TPSA) is 41.8 Å². The number of rotatable bonds is 1. The molecule has 0 aromatic carbocycles. The molecule has 0 aromatic heterocycles. The van der Waals surface area contributed by atoms with Crippen LogP contribution >= 0.6 is 11.8 Å². The van der Waals surface area contributed by atoms with Crippen LogP contribution in [-0.2, 0) is 4.79 Å². The molecule has 12 heavy (non-hydrogen) atoms. The van der Waals surface area contributed by atoms with Crippen LogP contribution in [-0.4, -0.2) is 16.7 Å². The second kappa shape index (κ2) is 3.26. The summed E-state index contributed by atoms with van der Waals surface area (Å²) in [6.07, 6.45) is 2.03. The molecule has 0 saturated carbocycles. The van der Waals surface area contributed by atoms with Crippen molar-refractivity contribution in [2.45, 2.75) is 10.9 Å². The molecule has 66 valence electrons. The minimum absolute atomic E-state index is 0.475. The summed E-state index contributed by atoms with van der Waals surface area (Å²) in [7, 11) is 0. The summed E-state index contributed by atoms with van der Waals surface area (Å²) in [6.45, 7) is 0. The van der Waals surface area contributed by atoms with Crippen LogP contribution in [0.15, 0.2) is 22.5 Å². The van der Waals surface area contributed by atoms with Gasteiger partial charge in [-0.2, -0.15) is 23.4 Å². The smallest absolute Gasteiger partial charge is 0.291 e. The minimum Gasteiger partial charge on any atom is -0.291 e. The monoisotopic (exact) mass is 196 g/mol. The third kappa shape index (κ3) is 2.65. The van der Waals surface area contributed by atoms with Crippen LogP contribution in [0.4, 0.5) is 13.2 Å². The minimum atomic E-state index is -4.45. The highest BCUT2D eigenvalue weighted by molar-refractivity contribution is 8.01. The van der Waals surface area contributed by atoms with E-state index in [4.69, 9.17) is 0 Å². The van der Waals surface area contributed by atoms with Gasteiger partial charge in [0.1, 0.15) is 0 Å². The predicted molar refractivity (Wildman–Crippen MR) is 36.4 cm³/mol. The van der Waals surface area contributed by atoms with Gasteiger partial charge in [0.05, 0.1) is 6.20 Å². The molecular formula is C5H3F3N2OS. The van der Waals surface area contributed by atoms with Crippen LogP contribution < -0.4 is 0 Å². The van der Waals surface area contributed by atoms with Crippen molar-refractivity contribution in [1.82, 2.24) is 0 Å². The molecule has 0 bridgehead atoms. The van der Waals surface area contributed by atoms with Crippen LogP contribution in [0.25, 0.3) is 0 Å². The number of carbonyl (C=O) groups excluding carboxylic acids is 1. The van der Waals surface area contributed by atoms with Gasteiger partial charge in [-0.1, -0.05) is 0 Å². The second-order valence-corrected chi connectivity index (χ2v) is 3.01. The molecular weight excluding hydrogens is 193 g/mol. The fraction of sp³-hybridized carbons (Fsp3) is 0.400. The van der Waals surface area contributed by atoms with E-state index in [1.54, 1.807) is 0 Å². The number of thioether (sulfide) groups is 1. The zero-order valence-corrected chi connectivity index (χ0v) is 6.39. The van der Waals surface area contributed by atoms with Crippen molar-refractivity contribution in [2.24, 2.45) is 10.2 Å². The zero-order chi connectivity index (χ0) is 9.19. The van der Waals surface area contributed by atoms with Crippen molar-refractivity contribution in [2.75, 3.05) is 0 Å². The second-order valence-electron chi connectivity index (χ2n) is 1.86. The Balaban J connectivity index is 2.59. The first kappa shape index (κ1) is 9.24. The summed E-state index contributed by atoms with van der Waals surface area (Å²) in [5, 5.41) is 4.86. The van der Waals surface area contributed by atoms with E-state index in [2.05, 4.69) is 10.2 Å². The normalized spacial score (nSPS) is 23.2. The molecule has 0 aromatic rings. The lowest BCUT2D eigenvalue weighted by atomic mass is 10.4. The molecule has 1 heterocycles. The summed E-state index contributed by atoms with van der Waals surface area (Å²) in [5.41, 5.74) is -4.45. The Hall–Kier alpha value is -0.850. The molecule has 1 aliphatic rings. The predicted octanol–water partition coefficient (Wildman–Crippen LogP) is 2.11. The summed E-state index contributed by atoms with van der Waals surface area (Å²) in [5.74, 6) is -0.688. The van der Waals surface area contributed by atoms with E-state index >= 15 is 0 Å². The van der Waals surface area contributed by atoms with Gasteiger partial charge in [-0.05, 0) is 11.8 Å². The third-order valence-electron chi connectivity index (χ3n) is 0.966. The average molecular weight is 196 g/mol. The summed E-state index contributed by atoms with van der Waals surface area (Å²) >= 11 is -0.475. The molecule has 0 aliphatic carbocycles. The lowest BCUT2D eigenvalue weighted by molar-refractivity contribution is -0.114. The van der Waals surface area contributed by atoms with Crippen molar-refractivity contribution in [3.63, 3.8) is 0 Å². The average Bonchev–Trinajstić information content (AvgIpc) is 1.91. The quantitative estimate of drug-likeness (QED) is 0.644. The highest BCUT2D eigenvalue weighted by Gasteiger charge is 2.36. The number of alkyl halides is 3. The molecule has 1 atom stereocenters. The van der Waals surface area contributed by atoms with Crippen molar-refractivity contribution in [3.8, 4) is 0 Å². The zero-order valence-electron chi connectivity index (χ0n) is 5.58. The molecule has 3 nitrogen and oxygen atoms in total. The van der Waals surface area contributed by atoms with Crippen LogP contribution in [0.1, 0.15) is 0 Å². The highest BCUT2D eigenvalue weighted by atomic mass is 32.2. The van der Waals surface area contributed by atoms with Gasteiger partial charge in [0, 0.05) is 6.08 Å². The van der Waals surface area contributed by atoms with Gasteiger partial charge in [0.2, 0.25) is 0 Å². The van der Waals surface area contributed by atoms with Gasteiger partial charge in [0.15, 0.2) is 11.2 Å². The third-order valence-corrected chi connectivity index (χ3v) is 1.78. The Morgan fingerprint density at radius 1 is 1.50 bits per heavy atom. The number of azo groups is 1. The van der Waals surface area contributed by atoms with Crippen molar-refractivity contribution in [3.05, 3.63) is 12.3 Å². The number of carbonyl (C=O) groups is 1. The Bertz CT molecular complexity index is 248. The summed E-state index contributed by atoms with van der Waals surface area (Å²) in [6, 6.07) is 0. The van der Waals surface area contributed by atoms with Crippen molar-refractivity contribution < 1.29 is 18.0 Å². The number of hydrogen-bond donors (Lipinski definition) is 0. The van der Waals surface area contributed by atoms with Gasteiger partial charge >= 0.3 is 5.51 Å². The number of hydrogen-bond acceptors (Lipinski definition) is 4. The molecule has 0 N–H and O–H groups in total. The first-order valence-corrected chi connectivity index (χ1v) is 3.72. The van der Waals surface area contributed by atoms with E-state index in [-0.39, 0.29) is 0 Å². The maximum atomic E-state index is 11.7. The first-order chi connectivity index (χ1) is 5.49. The Morgan fingerprint density at radius 2 is 2.17 bits per heavy atom. The molecule has 7 heteroatoms. The van der Waals surface area contributed by atoms with E-state index < -0.39 is 28.4 Å². The SMILES string of the molecule is O=C1C=CN=NC1SC(F)(F)F. The number of nitrogens with zero attached hydrogens (tertiary/aromatic N) is 2. The number of ketones is 1. The molecule has 1 aliphatic heterocycles. The fourth-order valence-corrected chi connectivity index (χ4v) is 1.10. The van der Waals surface area contributed by atoms with Gasteiger partial charge in [-0.15, -0.1) is 0 Å². The van der Waals surface area contributed by atoms with Crippen molar-refractivity contribution in [1.29, 1.82) is 0 Å². The lowest BCUT2D eigenvalue weighted by Crippen LogP contribution is -2.18. The van der Waals surface area contributed by atoms with E-state index in [9.17, 15) is 18.0 Å². The van der Waals surface area contributed by atoms with Crippen molar-refractivity contribution >= 4 is 17.5 Å². The van der Waals surface area contributed by atoms with Crippen LogP contribution in [0.5, 0.6) is 0 Å². The summed E-state index contributed by atoms with van der Waals surface area (Å²) < 4.78 is 35.1. The number of halogens is 3. The van der Waals surface area contributed by atoms with E-state index in [0.717, 1.165) is 12.3 Å². The highest BCUT2D eigenvalue weighted by Crippen LogP contribution is 2.35. The Morgan fingerprint density at radius 3 is 2.67 bits per heavy atom. The molecule has 0 saturated heterocycles. The molecule has 0 radical (unpaired) electrons. The maximum absolute atomic E-state index is 11.7. The summed E-state index contributed by atoms with van der Waals surface area (Å²) in [4.78, 5) is 10.7. The maximum Gasteiger partial charge on any atom is 0.444 e. The Kier molecular flexibility index (Phi) is 2.51. The largest absolute Gasteiger partial charge is 0.444 e. The standard InChI is InChI=1S/C5H3F3N2OS/c6-5(7,8)12-4-3(11)1-2-9-10-4/h1-2,4H. The van der Waals surface area contributed by atoms with Gasteiger partial charge < -0.3 is 0 Å². The fourth-order valence-electron chi connectivity index (χ4n) is 0.553. The first-order valence-electron chi connectivity index (χ1n) is 2.84. The van der Waals surface area contributed by atoms with E-state index in [1.807, 2.05) is 0 Å². The Labute approximate surface area is 69.7 Å². The molecule has 0 fully saturated rings.